The molecule has 4 N–H and O–H groups in total. The van der Waals surface area contributed by atoms with Crippen molar-refractivity contribution in [1.29, 1.82) is 0 Å². The molecule has 0 spiro atoms. The summed E-state index contributed by atoms with van der Waals surface area (Å²) >= 11 is 13.3. The number of benzene rings is 1. The van der Waals surface area contributed by atoms with Crippen LogP contribution in [-0.4, -0.2) is 68.6 Å². The second kappa shape index (κ2) is 13.4. The fraction of sp³-hybridized carbons (Fsp3) is 0.276. The van der Waals surface area contributed by atoms with Crippen LogP contribution in [0.2, 0.25) is 10.0 Å². The number of pyridine rings is 2. The number of aromatic nitrogens is 4. The van der Waals surface area contributed by atoms with Gasteiger partial charge in [-0.15, -0.1) is 0 Å². The number of anilines is 2. The zero-order chi connectivity index (χ0) is 31.3. The highest BCUT2D eigenvalue weighted by molar-refractivity contribution is 6.41. The quantitative estimate of drug-likeness (QED) is 0.170. The Hall–Kier alpha value is -4.23. The summed E-state index contributed by atoms with van der Waals surface area (Å²) < 4.78 is 12.2. The Morgan fingerprint density at radius 3 is 2.33 bits per heavy atom. The maximum absolute atomic E-state index is 14.2. The topological polar surface area (TPSA) is 161 Å². The monoisotopic (exact) mass is 628 g/mol. The van der Waals surface area contributed by atoms with Crippen LogP contribution < -0.4 is 25.7 Å². The second-order valence-electron chi connectivity index (χ2n) is 9.75. The van der Waals surface area contributed by atoms with E-state index in [9.17, 15) is 19.8 Å². The number of fused-ring (bicyclic) bond motifs is 1. The van der Waals surface area contributed by atoms with Crippen molar-refractivity contribution in [2.45, 2.75) is 25.4 Å². The van der Waals surface area contributed by atoms with Crippen LogP contribution in [0, 0.1) is 0 Å². The normalized spacial score (nSPS) is 11.3. The minimum absolute atomic E-state index is 0.0959. The number of aliphatic hydroxyl groups excluding tert-OH is 2. The van der Waals surface area contributed by atoms with Crippen LogP contribution in [0.15, 0.2) is 54.1 Å². The van der Waals surface area contributed by atoms with Crippen LogP contribution in [0.5, 0.6) is 11.5 Å². The Morgan fingerprint density at radius 1 is 1.09 bits per heavy atom. The summed E-state index contributed by atoms with van der Waals surface area (Å²) in [5.74, 6) is 0.261. The van der Waals surface area contributed by atoms with E-state index in [4.69, 9.17) is 32.7 Å². The van der Waals surface area contributed by atoms with Crippen molar-refractivity contribution in [2.75, 3.05) is 38.1 Å². The molecule has 0 aliphatic heterocycles. The third-order valence-corrected chi connectivity index (χ3v) is 7.40. The van der Waals surface area contributed by atoms with Gasteiger partial charge < -0.3 is 30.3 Å². The Bertz CT molecular complexity index is 1700. The number of nitrogens with one attached hydrogen (secondary N) is 2. The van der Waals surface area contributed by atoms with Gasteiger partial charge in [-0.2, -0.15) is 4.98 Å². The van der Waals surface area contributed by atoms with Gasteiger partial charge in [0, 0.05) is 41.9 Å². The summed E-state index contributed by atoms with van der Waals surface area (Å²) in [4.78, 5) is 39.0. The zero-order valence-electron chi connectivity index (χ0n) is 23.6. The predicted molar refractivity (Wildman–Crippen MR) is 165 cm³/mol. The highest BCUT2D eigenvalue weighted by atomic mass is 35.5. The van der Waals surface area contributed by atoms with E-state index in [0.29, 0.717) is 23.2 Å². The molecule has 3 heterocycles. The van der Waals surface area contributed by atoms with Gasteiger partial charge in [-0.05, 0) is 31.2 Å². The number of methoxy groups -OCH3 is 2. The van der Waals surface area contributed by atoms with Crippen molar-refractivity contribution in [2.24, 2.45) is 0 Å². The van der Waals surface area contributed by atoms with Gasteiger partial charge >= 0.3 is 0 Å². The number of nitrogens with zero attached hydrogens (tertiary/aromatic N) is 4. The molecule has 0 saturated heterocycles. The van der Waals surface area contributed by atoms with Crippen LogP contribution in [0.25, 0.3) is 22.2 Å². The van der Waals surface area contributed by atoms with E-state index in [-0.39, 0.29) is 69.9 Å². The van der Waals surface area contributed by atoms with E-state index in [2.05, 4.69) is 32.2 Å². The van der Waals surface area contributed by atoms with Gasteiger partial charge in [-0.25, -0.2) is 4.98 Å². The minimum atomic E-state index is -1.11. The number of amides is 1. The molecule has 0 fully saturated rings. The van der Waals surface area contributed by atoms with Crippen LogP contribution in [0.3, 0.4) is 0 Å². The smallest absolute Gasteiger partial charge is 0.260 e. The lowest BCUT2D eigenvalue weighted by molar-refractivity contribution is -0.111. The van der Waals surface area contributed by atoms with Gasteiger partial charge in [0.2, 0.25) is 11.9 Å². The molecule has 4 aromatic rings. The van der Waals surface area contributed by atoms with Gasteiger partial charge in [0.1, 0.15) is 17.1 Å². The van der Waals surface area contributed by atoms with Gasteiger partial charge in [0.25, 0.3) is 5.56 Å². The van der Waals surface area contributed by atoms with Crippen LogP contribution in [-0.2, 0) is 17.8 Å². The van der Waals surface area contributed by atoms with Gasteiger partial charge in [0.15, 0.2) is 0 Å². The fourth-order valence-corrected chi connectivity index (χ4v) is 4.90. The lowest BCUT2D eigenvalue weighted by atomic mass is 10.0. The minimum Gasteiger partial charge on any atom is -0.495 e. The van der Waals surface area contributed by atoms with E-state index < -0.39 is 11.1 Å². The number of carbonyl (C=O) groups is 1. The molecule has 4 rings (SSSR count). The summed E-state index contributed by atoms with van der Waals surface area (Å²) in [7, 11) is 2.88. The lowest BCUT2D eigenvalue weighted by Crippen LogP contribution is -2.43. The van der Waals surface area contributed by atoms with Crippen molar-refractivity contribution >= 4 is 51.8 Å². The first-order valence-electron chi connectivity index (χ1n) is 13.0. The molecule has 1 amide bonds. The maximum Gasteiger partial charge on any atom is 0.260 e. The van der Waals surface area contributed by atoms with Crippen LogP contribution in [0.4, 0.5) is 11.6 Å². The molecule has 0 radical (unpaired) electrons. The largest absolute Gasteiger partial charge is 0.495 e. The molecule has 0 aliphatic carbocycles. The van der Waals surface area contributed by atoms with E-state index in [1.165, 1.54) is 37.2 Å². The molecule has 12 nitrogen and oxygen atoms in total. The molecular formula is C29H30Cl2N6O6. The predicted octanol–water partition coefficient (Wildman–Crippen LogP) is 3.70. The molecule has 0 bridgehead atoms. The molecule has 43 heavy (non-hydrogen) atoms. The Morgan fingerprint density at radius 2 is 1.77 bits per heavy atom. The molecule has 0 atom stereocenters. The summed E-state index contributed by atoms with van der Waals surface area (Å²) in [6.07, 6.45) is 4.48. The van der Waals surface area contributed by atoms with Crippen molar-refractivity contribution in [3.63, 3.8) is 0 Å². The van der Waals surface area contributed by atoms with E-state index in [1.54, 1.807) is 25.1 Å². The Labute approximate surface area is 256 Å². The van der Waals surface area contributed by atoms with Gasteiger partial charge in [-0.3, -0.25) is 19.1 Å². The highest BCUT2D eigenvalue weighted by Gasteiger charge is 2.25. The number of rotatable bonds is 12. The number of aliphatic hydroxyl groups is 2. The number of halogens is 2. The molecular weight excluding hydrogens is 599 g/mol. The summed E-state index contributed by atoms with van der Waals surface area (Å²) in [5, 5.41) is 25.8. The summed E-state index contributed by atoms with van der Waals surface area (Å²) in [6.45, 7) is 4.39. The maximum atomic E-state index is 14.2. The molecule has 0 saturated carbocycles. The van der Waals surface area contributed by atoms with Gasteiger partial charge in [0.05, 0.1) is 60.5 Å². The summed E-state index contributed by atoms with van der Waals surface area (Å²) in [6, 6.07) is 6.53. The van der Waals surface area contributed by atoms with E-state index in [0.717, 1.165) is 6.08 Å². The highest BCUT2D eigenvalue weighted by Crippen LogP contribution is 2.45. The third kappa shape index (κ3) is 6.73. The van der Waals surface area contributed by atoms with E-state index >= 15 is 0 Å². The molecule has 14 heteroatoms. The molecule has 0 unspecified atom stereocenters. The third-order valence-electron chi connectivity index (χ3n) is 6.65. The lowest BCUT2D eigenvalue weighted by Gasteiger charge is -2.26. The first-order valence-corrected chi connectivity index (χ1v) is 13.7. The van der Waals surface area contributed by atoms with E-state index in [1.807, 2.05) is 0 Å². The van der Waals surface area contributed by atoms with Crippen molar-refractivity contribution < 1.29 is 24.5 Å². The van der Waals surface area contributed by atoms with Crippen LogP contribution >= 0.6 is 23.2 Å². The van der Waals surface area contributed by atoms with Gasteiger partial charge in [-0.1, -0.05) is 29.8 Å². The fourth-order valence-electron chi connectivity index (χ4n) is 4.19. The van der Waals surface area contributed by atoms with Crippen molar-refractivity contribution in [1.82, 2.24) is 19.5 Å². The Balaban J connectivity index is 1.86. The number of carbonyl (C=O) groups excluding carboxylic acids is 1. The van der Waals surface area contributed by atoms with Crippen molar-refractivity contribution in [3.05, 3.63) is 75.4 Å². The van der Waals surface area contributed by atoms with Crippen molar-refractivity contribution in [3.8, 4) is 22.6 Å². The molecule has 226 valence electrons. The molecule has 1 aromatic carbocycles. The zero-order valence-corrected chi connectivity index (χ0v) is 25.2. The Kier molecular flexibility index (Phi) is 9.87. The average molecular weight is 630 g/mol. The first-order chi connectivity index (χ1) is 20.6. The number of ether oxygens (including phenoxy) is 2. The first kappa shape index (κ1) is 31.7. The SMILES string of the molecule is C=CC(=O)Nc1ccc(CCn2c(=O)c(-c3c(Cl)c(OC)cc(OC)c3Cl)cc3cnc(NC(C)(CO)CO)nc32)nc1. The molecule has 0 aliphatic rings. The number of hydrogen-bond donors (Lipinski definition) is 4. The summed E-state index contributed by atoms with van der Waals surface area (Å²) in [5.41, 5.74) is 0.227. The van der Waals surface area contributed by atoms with Crippen LogP contribution in [0.1, 0.15) is 12.6 Å². The number of aryl methyl sites for hydroxylation is 2. The number of hydrogen-bond acceptors (Lipinski definition) is 10. The molecule has 3 aromatic heterocycles. The standard InChI is InChI=1S/C29H30Cl2N6O6/c1-5-22(40)34-18-7-6-17(32-13-18)8-9-37-26-16(12-33-28(35-26)36-29(2,14-38)15-39)10-19(27(37)41)23-24(30)20(42-3)11-21(43-4)25(23)31/h5-7,10-13,38-39H,1,8-9,14-15H2,2-4H3,(H,34,40)(H,33,35,36). The second-order valence-corrected chi connectivity index (χ2v) is 10.5. The average Bonchev–Trinajstić information content (AvgIpc) is 3.01.